The average molecular weight is 188 g/mol. The predicted molar refractivity (Wildman–Crippen MR) is 49.4 cm³/mol. The van der Waals surface area contributed by atoms with Crippen molar-refractivity contribution in [3.63, 3.8) is 0 Å². The van der Waals surface area contributed by atoms with Gasteiger partial charge in [-0.1, -0.05) is 13.5 Å². The van der Waals surface area contributed by atoms with Crippen LogP contribution in [0.25, 0.3) is 0 Å². The van der Waals surface area contributed by atoms with Crippen LogP contribution in [0.5, 0.6) is 0 Å². The number of carboxylic acid groups (broad SMARTS) is 1. The molecule has 4 nitrogen and oxygen atoms in total. The van der Waals surface area contributed by atoms with Gasteiger partial charge in [0, 0.05) is 12.5 Å². The van der Waals surface area contributed by atoms with Gasteiger partial charge in [0.1, 0.15) is 0 Å². The first-order valence-corrected chi connectivity index (χ1v) is 3.94. The Balaban J connectivity index is 0. The number of aliphatic carboxylic acids is 1. The van der Waals surface area contributed by atoms with Crippen LogP contribution in [-0.4, -0.2) is 23.7 Å². The lowest BCUT2D eigenvalue weighted by Crippen LogP contribution is -2.04. The Hall–Kier alpha value is -1.32. The van der Waals surface area contributed by atoms with E-state index in [-0.39, 0.29) is 5.97 Å². The maximum atomic E-state index is 10.6. The van der Waals surface area contributed by atoms with Crippen LogP contribution in [0, 0.1) is 0 Å². The predicted octanol–water partition coefficient (Wildman–Crippen LogP) is 1.61. The molecule has 0 aromatic heterocycles. The SMILES string of the molecule is C=C(C)C(=O)OCCC.CC(=O)O. The maximum absolute atomic E-state index is 10.6. The van der Waals surface area contributed by atoms with Crippen LogP contribution in [0.15, 0.2) is 12.2 Å². The van der Waals surface area contributed by atoms with Gasteiger partial charge >= 0.3 is 5.97 Å². The Morgan fingerprint density at radius 2 is 1.77 bits per heavy atom. The number of carboxylic acids is 1. The van der Waals surface area contributed by atoms with E-state index >= 15 is 0 Å². The first kappa shape index (κ1) is 14.2. The molecule has 0 unspecified atom stereocenters. The third-order valence-electron chi connectivity index (χ3n) is 0.786. The van der Waals surface area contributed by atoms with Gasteiger partial charge in [-0.25, -0.2) is 4.79 Å². The van der Waals surface area contributed by atoms with E-state index in [1.165, 1.54) is 0 Å². The zero-order chi connectivity index (χ0) is 10.9. The van der Waals surface area contributed by atoms with Crippen molar-refractivity contribution in [1.29, 1.82) is 0 Å². The van der Waals surface area contributed by atoms with Crippen molar-refractivity contribution < 1.29 is 19.4 Å². The van der Waals surface area contributed by atoms with Gasteiger partial charge in [0.25, 0.3) is 5.97 Å². The standard InChI is InChI=1S/C7H12O2.C2H4O2/c1-4-5-9-7(8)6(2)3;1-2(3)4/h2,4-5H2,1,3H3;1H3,(H,3,4). The molecule has 4 heteroatoms. The number of carbonyl (C=O) groups excluding carboxylic acids is 1. The van der Waals surface area contributed by atoms with E-state index in [1.54, 1.807) is 6.92 Å². The highest BCUT2D eigenvalue weighted by atomic mass is 16.5. The fourth-order valence-electron chi connectivity index (χ4n) is 0.318. The van der Waals surface area contributed by atoms with Gasteiger partial charge in [0.05, 0.1) is 6.61 Å². The summed E-state index contributed by atoms with van der Waals surface area (Å²) in [5.41, 5.74) is 0.462. The van der Waals surface area contributed by atoms with Crippen LogP contribution >= 0.6 is 0 Å². The second-order valence-electron chi connectivity index (χ2n) is 2.44. The van der Waals surface area contributed by atoms with E-state index in [9.17, 15) is 4.79 Å². The summed E-state index contributed by atoms with van der Waals surface area (Å²) in [6, 6.07) is 0. The molecule has 0 saturated heterocycles. The molecule has 0 aliphatic carbocycles. The van der Waals surface area contributed by atoms with Crippen molar-refractivity contribution in [2.75, 3.05) is 6.61 Å². The minimum Gasteiger partial charge on any atom is -0.481 e. The molecule has 0 aliphatic rings. The number of carbonyl (C=O) groups is 2. The molecule has 0 atom stereocenters. The highest BCUT2D eigenvalue weighted by Crippen LogP contribution is 1.91. The molecule has 13 heavy (non-hydrogen) atoms. The molecule has 0 aliphatic heterocycles. The van der Waals surface area contributed by atoms with Crippen LogP contribution in [0.1, 0.15) is 27.2 Å². The summed E-state index contributed by atoms with van der Waals surface area (Å²) in [5.74, 6) is -1.13. The molecule has 0 rings (SSSR count). The first-order valence-electron chi connectivity index (χ1n) is 3.94. The van der Waals surface area contributed by atoms with Crippen molar-refractivity contribution >= 4 is 11.9 Å². The molecule has 0 heterocycles. The maximum Gasteiger partial charge on any atom is 0.333 e. The number of rotatable bonds is 3. The lowest BCUT2D eigenvalue weighted by atomic mass is 10.4. The lowest BCUT2D eigenvalue weighted by molar-refractivity contribution is -0.139. The average Bonchev–Trinajstić information content (AvgIpc) is 1.98. The molecule has 0 fully saturated rings. The van der Waals surface area contributed by atoms with Gasteiger partial charge in [-0.2, -0.15) is 0 Å². The molecule has 1 N–H and O–H groups in total. The molecule has 0 amide bonds. The smallest absolute Gasteiger partial charge is 0.333 e. The van der Waals surface area contributed by atoms with Crippen molar-refractivity contribution in [3.05, 3.63) is 12.2 Å². The molecule has 76 valence electrons. The third-order valence-corrected chi connectivity index (χ3v) is 0.786. The molecular formula is C9H16O4. The van der Waals surface area contributed by atoms with Gasteiger partial charge in [-0.05, 0) is 13.3 Å². The number of hydrogen-bond donors (Lipinski definition) is 1. The summed E-state index contributed by atoms with van der Waals surface area (Å²) >= 11 is 0. The van der Waals surface area contributed by atoms with E-state index in [0.717, 1.165) is 13.3 Å². The summed E-state index contributed by atoms with van der Waals surface area (Å²) in [5, 5.41) is 7.42. The Labute approximate surface area is 78.2 Å². The molecule has 0 aromatic rings. The van der Waals surface area contributed by atoms with E-state index in [4.69, 9.17) is 14.6 Å². The van der Waals surface area contributed by atoms with E-state index in [0.29, 0.717) is 12.2 Å². The quantitative estimate of drug-likeness (QED) is 0.539. The number of ether oxygens (including phenoxy) is 1. The molecule has 0 aromatic carbocycles. The summed E-state index contributed by atoms with van der Waals surface area (Å²) in [6.45, 7) is 8.60. The molecule has 0 radical (unpaired) electrons. The van der Waals surface area contributed by atoms with Gasteiger partial charge in [0.2, 0.25) is 0 Å². The van der Waals surface area contributed by atoms with E-state index in [2.05, 4.69) is 6.58 Å². The molecular weight excluding hydrogens is 172 g/mol. The summed E-state index contributed by atoms with van der Waals surface area (Å²) < 4.78 is 4.71. The number of esters is 1. The van der Waals surface area contributed by atoms with Crippen LogP contribution < -0.4 is 0 Å². The first-order chi connectivity index (χ1) is 5.91. The Kier molecular flexibility index (Phi) is 9.60. The lowest BCUT2D eigenvalue weighted by Gasteiger charge is -1.99. The fourth-order valence-corrected chi connectivity index (χ4v) is 0.318. The largest absolute Gasteiger partial charge is 0.481 e. The zero-order valence-electron chi connectivity index (χ0n) is 8.29. The Bertz CT molecular complexity index is 180. The van der Waals surface area contributed by atoms with Crippen LogP contribution in [0.3, 0.4) is 0 Å². The highest BCUT2D eigenvalue weighted by molar-refractivity contribution is 5.86. The second-order valence-corrected chi connectivity index (χ2v) is 2.44. The molecule has 0 saturated carbocycles. The van der Waals surface area contributed by atoms with Gasteiger partial charge in [0.15, 0.2) is 0 Å². The number of hydrogen-bond acceptors (Lipinski definition) is 3. The molecule has 0 bridgehead atoms. The van der Waals surface area contributed by atoms with Crippen molar-refractivity contribution in [3.8, 4) is 0 Å². The molecule has 0 spiro atoms. The van der Waals surface area contributed by atoms with Crippen LogP contribution in [0.4, 0.5) is 0 Å². The highest BCUT2D eigenvalue weighted by Gasteiger charge is 1.99. The Morgan fingerprint density at radius 1 is 1.38 bits per heavy atom. The van der Waals surface area contributed by atoms with E-state index < -0.39 is 5.97 Å². The van der Waals surface area contributed by atoms with Gasteiger partial charge in [-0.15, -0.1) is 0 Å². The van der Waals surface area contributed by atoms with E-state index in [1.807, 2.05) is 6.92 Å². The minimum absolute atomic E-state index is 0.295. The second kappa shape index (κ2) is 8.77. The zero-order valence-corrected chi connectivity index (χ0v) is 8.29. The topological polar surface area (TPSA) is 63.6 Å². The van der Waals surface area contributed by atoms with Crippen molar-refractivity contribution in [2.24, 2.45) is 0 Å². The van der Waals surface area contributed by atoms with Gasteiger partial charge in [-0.3, -0.25) is 4.79 Å². The van der Waals surface area contributed by atoms with Crippen molar-refractivity contribution in [1.82, 2.24) is 0 Å². The van der Waals surface area contributed by atoms with Crippen LogP contribution in [0.2, 0.25) is 0 Å². The third kappa shape index (κ3) is 18.0. The monoisotopic (exact) mass is 188 g/mol. The normalized spacial score (nSPS) is 7.92. The summed E-state index contributed by atoms with van der Waals surface area (Å²) in [6.07, 6.45) is 0.860. The van der Waals surface area contributed by atoms with Gasteiger partial charge < -0.3 is 9.84 Å². The summed E-state index contributed by atoms with van der Waals surface area (Å²) in [7, 11) is 0. The van der Waals surface area contributed by atoms with Crippen LogP contribution in [-0.2, 0) is 14.3 Å². The minimum atomic E-state index is -0.833. The summed E-state index contributed by atoms with van der Waals surface area (Å²) in [4.78, 5) is 19.6. The van der Waals surface area contributed by atoms with Crippen molar-refractivity contribution in [2.45, 2.75) is 27.2 Å². The Morgan fingerprint density at radius 3 is 2.00 bits per heavy atom. The fraction of sp³-hybridized carbons (Fsp3) is 0.556.